The standard InChI is InChI=1S/C19H28ClN3O3/c1-14(15-3-2-4-17(20)11-15)22-19(24)21-12-18(16-5-8-26-13-16)23-6-9-25-10-7-23/h2-4,11,14,16,18H,5-10,12-13H2,1H3,(H2,21,22,24). The van der Waals surface area contributed by atoms with Crippen LogP contribution in [0.25, 0.3) is 0 Å². The van der Waals surface area contributed by atoms with Crippen molar-refractivity contribution >= 4 is 17.6 Å². The van der Waals surface area contributed by atoms with Gasteiger partial charge in [0.05, 0.1) is 25.9 Å². The first-order valence-corrected chi connectivity index (χ1v) is 9.70. The van der Waals surface area contributed by atoms with Gasteiger partial charge in [-0.05, 0) is 31.0 Å². The van der Waals surface area contributed by atoms with E-state index in [0.29, 0.717) is 17.5 Å². The topological polar surface area (TPSA) is 62.8 Å². The van der Waals surface area contributed by atoms with Crippen LogP contribution in [0.15, 0.2) is 24.3 Å². The highest BCUT2D eigenvalue weighted by atomic mass is 35.5. The number of hydrogen-bond acceptors (Lipinski definition) is 4. The lowest BCUT2D eigenvalue weighted by atomic mass is 9.97. The van der Waals surface area contributed by atoms with E-state index in [1.54, 1.807) is 0 Å². The number of hydrogen-bond donors (Lipinski definition) is 2. The Morgan fingerprint density at radius 3 is 2.81 bits per heavy atom. The molecule has 6 nitrogen and oxygen atoms in total. The number of rotatable bonds is 6. The molecule has 2 amide bonds. The summed E-state index contributed by atoms with van der Waals surface area (Å²) in [4.78, 5) is 14.8. The zero-order valence-corrected chi connectivity index (χ0v) is 16.0. The number of halogens is 1. The molecule has 7 heteroatoms. The maximum atomic E-state index is 12.4. The summed E-state index contributed by atoms with van der Waals surface area (Å²) in [5.74, 6) is 0.457. The van der Waals surface area contributed by atoms with Crippen LogP contribution in [0, 0.1) is 5.92 Å². The number of urea groups is 1. The third-order valence-corrected chi connectivity index (χ3v) is 5.43. The molecule has 0 aliphatic carbocycles. The Labute approximate surface area is 160 Å². The van der Waals surface area contributed by atoms with Gasteiger partial charge < -0.3 is 20.1 Å². The summed E-state index contributed by atoms with van der Waals surface area (Å²) in [7, 11) is 0. The summed E-state index contributed by atoms with van der Waals surface area (Å²) in [6.45, 7) is 7.46. The van der Waals surface area contributed by atoms with E-state index >= 15 is 0 Å². The van der Waals surface area contributed by atoms with E-state index in [9.17, 15) is 4.79 Å². The van der Waals surface area contributed by atoms with Gasteiger partial charge in [0.15, 0.2) is 0 Å². The van der Waals surface area contributed by atoms with Crippen molar-refractivity contribution in [2.24, 2.45) is 5.92 Å². The molecule has 2 heterocycles. The fourth-order valence-corrected chi connectivity index (χ4v) is 3.86. The van der Waals surface area contributed by atoms with Gasteiger partial charge in [-0.3, -0.25) is 4.90 Å². The number of ether oxygens (including phenoxy) is 2. The molecule has 1 aromatic rings. The van der Waals surface area contributed by atoms with Crippen molar-refractivity contribution in [1.82, 2.24) is 15.5 Å². The second kappa shape index (κ2) is 9.55. The second-order valence-electron chi connectivity index (χ2n) is 6.97. The molecular weight excluding hydrogens is 354 g/mol. The molecule has 3 atom stereocenters. The van der Waals surface area contributed by atoms with Gasteiger partial charge in [-0.1, -0.05) is 23.7 Å². The Morgan fingerprint density at radius 2 is 2.12 bits per heavy atom. The first-order valence-electron chi connectivity index (χ1n) is 9.33. The molecule has 2 saturated heterocycles. The Bertz CT molecular complexity index is 589. The minimum atomic E-state index is -0.158. The predicted molar refractivity (Wildman–Crippen MR) is 102 cm³/mol. The summed E-state index contributed by atoms with van der Waals surface area (Å²) < 4.78 is 11.0. The normalized spacial score (nSPS) is 23.4. The van der Waals surface area contributed by atoms with Crippen LogP contribution in [0.3, 0.4) is 0 Å². The van der Waals surface area contributed by atoms with E-state index in [4.69, 9.17) is 21.1 Å². The average molecular weight is 382 g/mol. The monoisotopic (exact) mass is 381 g/mol. The first kappa shape index (κ1) is 19.4. The van der Waals surface area contributed by atoms with Crippen molar-refractivity contribution in [2.75, 3.05) is 46.1 Å². The SMILES string of the molecule is CC(NC(=O)NCC(C1CCOC1)N1CCOCC1)c1cccc(Cl)c1. The molecule has 0 spiro atoms. The smallest absolute Gasteiger partial charge is 0.315 e. The van der Waals surface area contributed by atoms with E-state index in [1.165, 1.54) is 0 Å². The zero-order chi connectivity index (χ0) is 18.4. The Kier molecular flexibility index (Phi) is 7.14. The van der Waals surface area contributed by atoms with Crippen LogP contribution in [-0.4, -0.2) is 63.0 Å². The quantitative estimate of drug-likeness (QED) is 0.794. The Hall–Kier alpha value is -1.34. The summed E-state index contributed by atoms with van der Waals surface area (Å²) in [5.41, 5.74) is 0.988. The second-order valence-corrected chi connectivity index (χ2v) is 7.41. The van der Waals surface area contributed by atoms with Gasteiger partial charge >= 0.3 is 6.03 Å². The van der Waals surface area contributed by atoms with Crippen molar-refractivity contribution < 1.29 is 14.3 Å². The zero-order valence-electron chi connectivity index (χ0n) is 15.2. The fourth-order valence-electron chi connectivity index (χ4n) is 3.66. The number of nitrogens with one attached hydrogen (secondary N) is 2. The molecule has 0 saturated carbocycles. The summed E-state index contributed by atoms with van der Waals surface area (Å²) in [6.07, 6.45) is 1.05. The van der Waals surface area contributed by atoms with E-state index < -0.39 is 0 Å². The lowest BCUT2D eigenvalue weighted by molar-refractivity contribution is 0.00211. The van der Waals surface area contributed by atoms with Crippen molar-refractivity contribution in [3.05, 3.63) is 34.9 Å². The number of benzene rings is 1. The molecule has 3 rings (SSSR count). The van der Waals surface area contributed by atoms with Crippen LogP contribution in [0.2, 0.25) is 5.02 Å². The first-order chi connectivity index (χ1) is 12.6. The molecular formula is C19H28ClN3O3. The molecule has 0 radical (unpaired) electrons. The molecule has 2 fully saturated rings. The highest BCUT2D eigenvalue weighted by Crippen LogP contribution is 2.22. The lowest BCUT2D eigenvalue weighted by Crippen LogP contribution is -2.53. The molecule has 1 aromatic carbocycles. The van der Waals surface area contributed by atoms with Crippen LogP contribution in [-0.2, 0) is 9.47 Å². The summed E-state index contributed by atoms with van der Waals surface area (Å²) in [6, 6.07) is 7.58. The van der Waals surface area contributed by atoms with Gasteiger partial charge in [-0.2, -0.15) is 0 Å². The van der Waals surface area contributed by atoms with Crippen molar-refractivity contribution in [2.45, 2.75) is 25.4 Å². The molecule has 26 heavy (non-hydrogen) atoms. The van der Waals surface area contributed by atoms with Crippen molar-refractivity contribution in [1.29, 1.82) is 0 Å². The van der Waals surface area contributed by atoms with Crippen LogP contribution in [0.5, 0.6) is 0 Å². The maximum absolute atomic E-state index is 12.4. The van der Waals surface area contributed by atoms with Crippen LogP contribution in [0.1, 0.15) is 24.9 Å². The lowest BCUT2D eigenvalue weighted by Gasteiger charge is -2.37. The van der Waals surface area contributed by atoms with Gasteiger partial charge in [0.25, 0.3) is 0 Å². The molecule has 0 aromatic heterocycles. The van der Waals surface area contributed by atoms with Gasteiger partial charge in [-0.15, -0.1) is 0 Å². The van der Waals surface area contributed by atoms with Gasteiger partial charge in [0, 0.05) is 43.2 Å². The predicted octanol–water partition coefficient (Wildman–Crippen LogP) is 2.44. The molecule has 0 bridgehead atoms. The largest absolute Gasteiger partial charge is 0.381 e. The average Bonchev–Trinajstić information content (AvgIpc) is 3.17. The van der Waals surface area contributed by atoms with Gasteiger partial charge in [-0.25, -0.2) is 4.79 Å². The molecule has 2 aliphatic rings. The van der Waals surface area contributed by atoms with E-state index in [2.05, 4.69) is 15.5 Å². The number of carbonyl (C=O) groups excluding carboxylic acids is 1. The Balaban J connectivity index is 1.53. The number of carbonyl (C=O) groups is 1. The Morgan fingerprint density at radius 1 is 1.31 bits per heavy atom. The third kappa shape index (κ3) is 5.33. The van der Waals surface area contributed by atoms with Crippen molar-refractivity contribution in [3.8, 4) is 0 Å². The third-order valence-electron chi connectivity index (χ3n) is 5.19. The highest BCUT2D eigenvalue weighted by molar-refractivity contribution is 6.30. The van der Waals surface area contributed by atoms with E-state index in [0.717, 1.165) is 51.5 Å². The summed E-state index contributed by atoms with van der Waals surface area (Å²) >= 11 is 6.03. The number of amides is 2. The van der Waals surface area contributed by atoms with Gasteiger partial charge in [0.2, 0.25) is 0 Å². The highest BCUT2D eigenvalue weighted by Gasteiger charge is 2.31. The van der Waals surface area contributed by atoms with E-state index in [-0.39, 0.29) is 18.1 Å². The molecule has 3 unspecified atom stereocenters. The minimum absolute atomic E-state index is 0.106. The fraction of sp³-hybridized carbons (Fsp3) is 0.632. The summed E-state index contributed by atoms with van der Waals surface area (Å²) in [5, 5.41) is 6.71. The molecule has 2 aliphatic heterocycles. The van der Waals surface area contributed by atoms with Crippen LogP contribution < -0.4 is 10.6 Å². The maximum Gasteiger partial charge on any atom is 0.315 e. The van der Waals surface area contributed by atoms with Crippen LogP contribution >= 0.6 is 11.6 Å². The van der Waals surface area contributed by atoms with Crippen LogP contribution in [0.4, 0.5) is 4.79 Å². The van der Waals surface area contributed by atoms with Crippen molar-refractivity contribution in [3.63, 3.8) is 0 Å². The number of nitrogens with zero attached hydrogens (tertiary/aromatic N) is 1. The minimum Gasteiger partial charge on any atom is -0.381 e. The van der Waals surface area contributed by atoms with Gasteiger partial charge in [0.1, 0.15) is 0 Å². The van der Waals surface area contributed by atoms with E-state index in [1.807, 2.05) is 31.2 Å². The molecule has 2 N–H and O–H groups in total. The molecule has 144 valence electrons. The number of morpholine rings is 1.